The average molecular weight is 431 g/mol. The third kappa shape index (κ3) is 3.90. The van der Waals surface area contributed by atoms with Crippen molar-refractivity contribution in [1.29, 1.82) is 5.26 Å². The lowest BCUT2D eigenvalue weighted by molar-refractivity contribution is 0.0942. The van der Waals surface area contributed by atoms with E-state index in [4.69, 9.17) is 0 Å². The van der Waals surface area contributed by atoms with Gasteiger partial charge in [0.2, 0.25) is 0 Å². The minimum absolute atomic E-state index is 0.125. The Morgan fingerprint density at radius 1 is 0.909 bits per heavy atom. The van der Waals surface area contributed by atoms with Crippen LogP contribution in [-0.2, 0) is 13.1 Å². The van der Waals surface area contributed by atoms with Gasteiger partial charge in [0.05, 0.1) is 17.1 Å². The molecule has 0 saturated heterocycles. The Hall–Kier alpha value is -4.56. The van der Waals surface area contributed by atoms with E-state index < -0.39 is 0 Å². The second-order valence-corrected chi connectivity index (χ2v) is 7.96. The summed E-state index contributed by atoms with van der Waals surface area (Å²) in [5.74, 6) is -0.102. The number of amides is 1. The highest BCUT2D eigenvalue weighted by atomic mass is 16.3. The highest BCUT2D eigenvalue weighted by molar-refractivity contribution is 6.00. The number of rotatable bonds is 5. The Morgan fingerprint density at radius 2 is 1.70 bits per heavy atom. The van der Waals surface area contributed by atoms with Crippen LogP contribution in [0.5, 0.6) is 5.75 Å². The number of benzene rings is 4. The molecule has 0 spiro atoms. The molecule has 5 aromatic rings. The summed E-state index contributed by atoms with van der Waals surface area (Å²) in [6.45, 7) is 0.789. The molecule has 5 nitrogen and oxygen atoms in total. The molecule has 0 saturated carbocycles. The molecule has 2 N–H and O–H groups in total. The number of carbonyl (C=O) groups is 1. The van der Waals surface area contributed by atoms with Crippen molar-refractivity contribution in [2.75, 3.05) is 0 Å². The molecule has 33 heavy (non-hydrogen) atoms. The molecule has 1 amide bonds. The molecule has 1 aromatic heterocycles. The highest BCUT2D eigenvalue weighted by Crippen LogP contribution is 2.29. The maximum atomic E-state index is 13.3. The summed E-state index contributed by atoms with van der Waals surface area (Å²) in [5, 5.41) is 25.5. The first-order chi connectivity index (χ1) is 16.1. The van der Waals surface area contributed by atoms with E-state index in [9.17, 15) is 15.2 Å². The molecule has 4 aromatic carbocycles. The molecule has 0 bridgehead atoms. The van der Waals surface area contributed by atoms with Crippen LogP contribution in [0.1, 0.15) is 27.2 Å². The molecule has 0 atom stereocenters. The van der Waals surface area contributed by atoms with Crippen molar-refractivity contribution >= 4 is 27.6 Å². The lowest BCUT2D eigenvalue weighted by Crippen LogP contribution is -2.25. The maximum Gasteiger partial charge on any atom is 0.268 e. The fourth-order valence-electron chi connectivity index (χ4n) is 4.26. The second kappa shape index (κ2) is 8.52. The van der Waals surface area contributed by atoms with E-state index in [1.807, 2.05) is 59.2 Å². The van der Waals surface area contributed by atoms with Gasteiger partial charge in [0, 0.05) is 18.5 Å². The topological polar surface area (TPSA) is 78.0 Å². The van der Waals surface area contributed by atoms with Crippen LogP contribution >= 0.6 is 0 Å². The molecular formula is C28H21N3O2. The summed E-state index contributed by atoms with van der Waals surface area (Å²) < 4.78 is 1.88. The Morgan fingerprint density at radius 3 is 2.58 bits per heavy atom. The summed E-state index contributed by atoms with van der Waals surface area (Å²) in [7, 11) is 0. The molecule has 0 radical (unpaired) electrons. The van der Waals surface area contributed by atoms with Crippen LogP contribution in [0.15, 0.2) is 91.0 Å². The zero-order valence-corrected chi connectivity index (χ0v) is 17.8. The first kappa shape index (κ1) is 20.3. The number of nitrogens with zero attached hydrogens (tertiary/aromatic N) is 2. The van der Waals surface area contributed by atoms with Gasteiger partial charge in [-0.3, -0.25) is 4.79 Å². The third-order valence-corrected chi connectivity index (χ3v) is 5.87. The quantitative estimate of drug-likeness (QED) is 0.394. The fraction of sp³-hybridized carbons (Fsp3) is 0.0714. The van der Waals surface area contributed by atoms with E-state index in [1.54, 1.807) is 24.3 Å². The van der Waals surface area contributed by atoms with Gasteiger partial charge in [0.25, 0.3) is 5.91 Å². The number of phenols is 1. The van der Waals surface area contributed by atoms with Crippen molar-refractivity contribution in [2.45, 2.75) is 13.1 Å². The second-order valence-electron chi connectivity index (χ2n) is 7.96. The van der Waals surface area contributed by atoms with Gasteiger partial charge in [-0.1, -0.05) is 60.7 Å². The number of carbonyl (C=O) groups excluding carboxylic acids is 1. The zero-order chi connectivity index (χ0) is 22.8. The molecule has 5 rings (SSSR count). The average Bonchev–Trinajstić information content (AvgIpc) is 3.22. The summed E-state index contributed by atoms with van der Waals surface area (Å²) >= 11 is 0. The summed E-state index contributed by atoms with van der Waals surface area (Å²) in [6, 6.07) is 30.6. The molecule has 0 aliphatic carbocycles. The molecule has 1 heterocycles. The van der Waals surface area contributed by atoms with Crippen LogP contribution in [-0.4, -0.2) is 15.6 Å². The fourth-order valence-corrected chi connectivity index (χ4v) is 4.26. The van der Waals surface area contributed by atoms with Gasteiger partial charge in [0.1, 0.15) is 11.4 Å². The normalized spacial score (nSPS) is 10.9. The third-order valence-electron chi connectivity index (χ3n) is 5.87. The number of nitriles is 1. The van der Waals surface area contributed by atoms with Crippen LogP contribution in [0.4, 0.5) is 0 Å². The van der Waals surface area contributed by atoms with E-state index in [0.717, 1.165) is 27.4 Å². The molecule has 0 aliphatic heterocycles. The molecule has 0 fully saturated rings. The largest absolute Gasteiger partial charge is 0.507 e. The Bertz CT molecular complexity index is 1540. The molecular weight excluding hydrogens is 410 g/mol. The standard InChI is InChI=1S/C28H21N3O2/c29-16-19-6-3-7-20(14-19)18-31-25-12-5-13-27(32)24(25)15-26(31)28(33)30-17-22-10-4-9-21-8-1-2-11-23(21)22/h1-15,32H,17-18H2,(H,30,33). The van der Waals surface area contributed by atoms with E-state index in [-0.39, 0.29) is 11.7 Å². The van der Waals surface area contributed by atoms with E-state index in [2.05, 4.69) is 23.5 Å². The van der Waals surface area contributed by atoms with Crippen molar-refractivity contribution < 1.29 is 9.90 Å². The Kier molecular flexibility index (Phi) is 5.26. The highest BCUT2D eigenvalue weighted by Gasteiger charge is 2.18. The van der Waals surface area contributed by atoms with Crippen molar-refractivity contribution in [1.82, 2.24) is 9.88 Å². The number of hydrogen-bond donors (Lipinski definition) is 2. The van der Waals surface area contributed by atoms with Gasteiger partial charge < -0.3 is 15.0 Å². The maximum absolute atomic E-state index is 13.3. The Labute approximate surface area is 191 Å². The number of aromatic nitrogens is 1. The van der Waals surface area contributed by atoms with Crippen LogP contribution in [0.25, 0.3) is 21.7 Å². The van der Waals surface area contributed by atoms with Gasteiger partial charge in [0.15, 0.2) is 0 Å². The first-order valence-corrected chi connectivity index (χ1v) is 10.7. The van der Waals surface area contributed by atoms with E-state index >= 15 is 0 Å². The summed E-state index contributed by atoms with van der Waals surface area (Å²) in [6.07, 6.45) is 0. The van der Waals surface area contributed by atoms with Crippen LogP contribution < -0.4 is 5.32 Å². The van der Waals surface area contributed by atoms with Crippen molar-refractivity contribution in [3.8, 4) is 11.8 Å². The van der Waals surface area contributed by atoms with Crippen molar-refractivity contribution in [3.63, 3.8) is 0 Å². The van der Waals surface area contributed by atoms with Gasteiger partial charge in [-0.25, -0.2) is 0 Å². The van der Waals surface area contributed by atoms with Gasteiger partial charge in [-0.15, -0.1) is 0 Å². The first-order valence-electron chi connectivity index (χ1n) is 10.7. The predicted molar refractivity (Wildman–Crippen MR) is 129 cm³/mol. The van der Waals surface area contributed by atoms with Crippen molar-refractivity contribution in [3.05, 3.63) is 113 Å². The smallest absolute Gasteiger partial charge is 0.268 e. The predicted octanol–water partition coefficient (Wildman–Crippen LogP) is 5.35. The van der Waals surface area contributed by atoms with E-state index in [1.165, 1.54) is 0 Å². The monoisotopic (exact) mass is 431 g/mol. The number of aromatic hydroxyl groups is 1. The van der Waals surface area contributed by atoms with Gasteiger partial charge >= 0.3 is 0 Å². The summed E-state index contributed by atoms with van der Waals surface area (Å²) in [5.41, 5.74) is 3.71. The van der Waals surface area contributed by atoms with Gasteiger partial charge in [-0.05, 0) is 52.2 Å². The van der Waals surface area contributed by atoms with Crippen LogP contribution in [0.3, 0.4) is 0 Å². The lowest BCUT2D eigenvalue weighted by Gasteiger charge is -2.13. The number of nitrogens with one attached hydrogen (secondary N) is 1. The van der Waals surface area contributed by atoms with Crippen molar-refractivity contribution in [2.24, 2.45) is 0 Å². The molecule has 160 valence electrons. The molecule has 0 unspecified atom stereocenters. The van der Waals surface area contributed by atoms with E-state index in [0.29, 0.717) is 29.7 Å². The zero-order valence-electron chi connectivity index (χ0n) is 17.8. The number of phenolic OH excluding ortho intramolecular Hbond substituents is 1. The van der Waals surface area contributed by atoms with Gasteiger partial charge in [-0.2, -0.15) is 5.26 Å². The number of fused-ring (bicyclic) bond motifs is 2. The SMILES string of the molecule is N#Cc1cccc(Cn2c(C(=O)NCc3cccc4ccccc34)cc3c(O)cccc32)c1. The minimum Gasteiger partial charge on any atom is -0.507 e. The Balaban J connectivity index is 1.50. The molecule has 0 aliphatic rings. The van der Waals surface area contributed by atoms with Crippen LogP contribution in [0, 0.1) is 11.3 Å². The molecule has 5 heteroatoms. The summed E-state index contributed by atoms with van der Waals surface area (Å²) in [4.78, 5) is 13.3. The van der Waals surface area contributed by atoms with Crippen LogP contribution in [0.2, 0.25) is 0 Å². The minimum atomic E-state index is -0.227. The number of hydrogen-bond acceptors (Lipinski definition) is 3. The lowest BCUT2D eigenvalue weighted by atomic mass is 10.0.